The van der Waals surface area contributed by atoms with Crippen LogP contribution in [0.2, 0.25) is 0 Å². The topological polar surface area (TPSA) is 47.0 Å². The molecule has 0 aliphatic heterocycles. The summed E-state index contributed by atoms with van der Waals surface area (Å²) in [5.74, 6) is 0.993. The van der Waals surface area contributed by atoms with Gasteiger partial charge in [-0.1, -0.05) is 0 Å². The predicted molar refractivity (Wildman–Crippen MR) is 68.3 cm³/mol. The van der Waals surface area contributed by atoms with Crippen LogP contribution in [0.25, 0.3) is 11.4 Å². The maximum Gasteiger partial charge on any atom is 0.165 e. The molecule has 1 aromatic heterocycles. The number of halogens is 1. The molecule has 0 aliphatic rings. The highest BCUT2D eigenvalue weighted by Crippen LogP contribution is 2.24. The smallest absolute Gasteiger partial charge is 0.165 e. The van der Waals surface area contributed by atoms with Crippen LogP contribution in [-0.2, 0) is 0 Å². The molecule has 0 amide bonds. The van der Waals surface area contributed by atoms with Gasteiger partial charge < -0.3 is 10.1 Å². The number of hydrogen-bond acceptors (Lipinski definition) is 4. The molecular weight excluding hydrogens is 233 g/mol. The van der Waals surface area contributed by atoms with Crippen molar-refractivity contribution in [2.75, 3.05) is 19.5 Å². The summed E-state index contributed by atoms with van der Waals surface area (Å²) in [7, 11) is 3.22. The van der Waals surface area contributed by atoms with Crippen molar-refractivity contribution < 1.29 is 9.13 Å². The highest BCUT2D eigenvalue weighted by Gasteiger charge is 2.08. The summed E-state index contributed by atoms with van der Waals surface area (Å²) in [4.78, 5) is 8.52. The van der Waals surface area contributed by atoms with Gasteiger partial charge in [0.1, 0.15) is 5.82 Å². The molecule has 0 saturated carbocycles. The van der Waals surface area contributed by atoms with E-state index in [1.54, 1.807) is 25.4 Å². The molecule has 1 heterocycles. The van der Waals surface area contributed by atoms with Crippen molar-refractivity contribution >= 4 is 5.82 Å². The van der Waals surface area contributed by atoms with Crippen LogP contribution < -0.4 is 10.1 Å². The van der Waals surface area contributed by atoms with Crippen molar-refractivity contribution in [3.8, 4) is 17.1 Å². The third kappa shape index (κ3) is 2.25. The molecule has 5 heteroatoms. The number of nitrogens with zero attached hydrogens (tertiary/aromatic N) is 2. The van der Waals surface area contributed by atoms with E-state index in [4.69, 9.17) is 4.74 Å². The minimum Gasteiger partial charge on any atom is -0.494 e. The van der Waals surface area contributed by atoms with Gasteiger partial charge in [-0.05, 0) is 25.1 Å². The van der Waals surface area contributed by atoms with Crippen LogP contribution in [0.3, 0.4) is 0 Å². The number of benzene rings is 1. The van der Waals surface area contributed by atoms with Gasteiger partial charge in [0.05, 0.1) is 7.11 Å². The Morgan fingerprint density at radius 3 is 2.72 bits per heavy atom. The molecule has 0 aliphatic carbocycles. The van der Waals surface area contributed by atoms with E-state index in [0.29, 0.717) is 11.4 Å². The largest absolute Gasteiger partial charge is 0.494 e. The number of hydrogen-bond donors (Lipinski definition) is 1. The normalized spacial score (nSPS) is 10.2. The van der Waals surface area contributed by atoms with E-state index in [9.17, 15) is 4.39 Å². The van der Waals surface area contributed by atoms with Crippen LogP contribution in [0, 0.1) is 12.7 Å². The molecule has 0 radical (unpaired) electrons. The molecule has 0 fully saturated rings. The van der Waals surface area contributed by atoms with E-state index >= 15 is 0 Å². The summed E-state index contributed by atoms with van der Waals surface area (Å²) in [6.07, 6.45) is 1.70. The Hall–Kier alpha value is -2.17. The van der Waals surface area contributed by atoms with E-state index in [0.717, 1.165) is 11.4 Å². The van der Waals surface area contributed by atoms with E-state index in [1.165, 1.54) is 13.2 Å². The number of aryl methyl sites for hydroxylation is 1. The molecule has 94 valence electrons. The lowest BCUT2D eigenvalue weighted by Crippen LogP contribution is -1.99. The van der Waals surface area contributed by atoms with Crippen LogP contribution in [0.4, 0.5) is 10.2 Å². The van der Waals surface area contributed by atoms with Gasteiger partial charge in [0, 0.05) is 24.4 Å². The zero-order chi connectivity index (χ0) is 13.1. The molecule has 1 N–H and O–H groups in total. The van der Waals surface area contributed by atoms with Crippen LogP contribution in [-0.4, -0.2) is 24.1 Å². The SMILES string of the molecule is CNc1nc(-c2ccc(OC)c(F)c2)ncc1C. The highest BCUT2D eigenvalue weighted by molar-refractivity contribution is 5.59. The van der Waals surface area contributed by atoms with Crippen LogP contribution in [0.15, 0.2) is 24.4 Å². The second kappa shape index (κ2) is 5.00. The average Bonchev–Trinajstić information content (AvgIpc) is 2.39. The van der Waals surface area contributed by atoms with Crippen molar-refractivity contribution in [2.24, 2.45) is 0 Å². The molecule has 0 atom stereocenters. The predicted octanol–water partition coefficient (Wildman–Crippen LogP) is 2.64. The summed E-state index contributed by atoms with van der Waals surface area (Å²) in [5.41, 5.74) is 1.56. The number of aromatic nitrogens is 2. The van der Waals surface area contributed by atoms with Crippen molar-refractivity contribution in [1.29, 1.82) is 0 Å². The van der Waals surface area contributed by atoms with Crippen LogP contribution in [0.5, 0.6) is 5.75 Å². The number of methoxy groups -OCH3 is 1. The van der Waals surface area contributed by atoms with Crippen molar-refractivity contribution in [3.63, 3.8) is 0 Å². The standard InChI is InChI=1S/C13H14FN3O/c1-8-7-16-13(17-12(8)15-2)9-4-5-11(18-3)10(14)6-9/h4-7H,1-3H3,(H,15,16,17). The van der Waals surface area contributed by atoms with E-state index in [-0.39, 0.29) is 5.75 Å². The lowest BCUT2D eigenvalue weighted by atomic mass is 10.2. The first-order valence-electron chi connectivity index (χ1n) is 5.51. The fraction of sp³-hybridized carbons (Fsp3) is 0.231. The summed E-state index contributed by atoms with van der Waals surface area (Å²) in [6.45, 7) is 1.91. The van der Waals surface area contributed by atoms with Gasteiger partial charge in [0.15, 0.2) is 17.4 Å². The highest BCUT2D eigenvalue weighted by atomic mass is 19.1. The first kappa shape index (κ1) is 12.3. The Labute approximate surface area is 105 Å². The fourth-order valence-electron chi connectivity index (χ4n) is 1.64. The number of anilines is 1. The van der Waals surface area contributed by atoms with Crippen molar-refractivity contribution in [3.05, 3.63) is 35.8 Å². The van der Waals surface area contributed by atoms with Crippen LogP contribution in [0.1, 0.15) is 5.56 Å². The van der Waals surface area contributed by atoms with Gasteiger partial charge in [-0.15, -0.1) is 0 Å². The number of rotatable bonds is 3. The summed E-state index contributed by atoms with van der Waals surface area (Å²) in [6, 6.07) is 4.65. The molecule has 0 spiro atoms. The Morgan fingerprint density at radius 2 is 2.11 bits per heavy atom. The van der Waals surface area contributed by atoms with Crippen LogP contribution >= 0.6 is 0 Å². The van der Waals surface area contributed by atoms with Gasteiger partial charge in [0.2, 0.25) is 0 Å². The second-order valence-electron chi connectivity index (χ2n) is 3.82. The zero-order valence-corrected chi connectivity index (χ0v) is 10.5. The lowest BCUT2D eigenvalue weighted by molar-refractivity contribution is 0.386. The number of nitrogens with one attached hydrogen (secondary N) is 1. The first-order chi connectivity index (χ1) is 8.65. The molecule has 0 saturated heterocycles. The molecule has 2 aromatic rings. The lowest BCUT2D eigenvalue weighted by Gasteiger charge is -2.07. The Bertz CT molecular complexity index is 572. The van der Waals surface area contributed by atoms with E-state index in [1.807, 2.05) is 6.92 Å². The maximum atomic E-state index is 13.6. The van der Waals surface area contributed by atoms with Crippen molar-refractivity contribution in [2.45, 2.75) is 6.92 Å². The molecule has 0 bridgehead atoms. The molecule has 0 unspecified atom stereocenters. The number of ether oxygens (including phenoxy) is 1. The minimum absolute atomic E-state index is 0.208. The summed E-state index contributed by atoms with van der Waals surface area (Å²) >= 11 is 0. The van der Waals surface area contributed by atoms with Gasteiger partial charge in [-0.3, -0.25) is 0 Å². The molecule has 1 aromatic carbocycles. The van der Waals surface area contributed by atoms with E-state index in [2.05, 4.69) is 15.3 Å². The third-order valence-electron chi connectivity index (χ3n) is 2.62. The van der Waals surface area contributed by atoms with Gasteiger partial charge >= 0.3 is 0 Å². The molecular formula is C13H14FN3O. The minimum atomic E-state index is -0.426. The van der Waals surface area contributed by atoms with Crippen molar-refractivity contribution in [1.82, 2.24) is 9.97 Å². The molecule has 18 heavy (non-hydrogen) atoms. The first-order valence-corrected chi connectivity index (χ1v) is 5.51. The summed E-state index contributed by atoms with van der Waals surface area (Å²) < 4.78 is 18.5. The maximum absolute atomic E-state index is 13.6. The zero-order valence-electron chi connectivity index (χ0n) is 10.5. The van der Waals surface area contributed by atoms with Gasteiger partial charge in [0.25, 0.3) is 0 Å². The fourth-order valence-corrected chi connectivity index (χ4v) is 1.64. The Morgan fingerprint density at radius 1 is 1.33 bits per heavy atom. The Balaban J connectivity index is 2.45. The third-order valence-corrected chi connectivity index (χ3v) is 2.62. The second-order valence-corrected chi connectivity index (χ2v) is 3.82. The molecule has 4 nitrogen and oxygen atoms in total. The monoisotopic (exact) mass is 247 g/mol. The quantitative estimate of drug-likeness (QED) is 0.905. The van der Waals surface area contributed by atoms with E-state index < -0.39 is 5.82 Å². The molecule has 2 rings (SSSR count). The van der Waals surface area contributed by atoms with Gasteiger partial charge in [-0.2, -0.15) is 0 Å². The average molecular weight is 247 g/mol. The Kier molecular flexibility index (Phi) is 3.41. The summed E-state index contributed by atoms with van der Waals surface area (Å²) in [5, 5.41) is 2.97. The van der Waals surface area contributed by atoms with Gasteiger partial charge in [-0.25, -0.2) is 14.4 Å².